The van der Waals surface area contributed by atoms with Crippen molar-refractivity contribution in [2.45, 2.75) is 102 Å². The van der Waals surface area contributed by atoms with Gasteiger partial charge in [0.05, 0.1) is 19.7 Å². The molecular weight excluding hydrogens is 835 g/mol. The van der Waals surface area contributed by atoms with Crippen molar-refractivity contribution >= 4 is 51.2 Å². The zero-order valence-corrected chi connectivity index (χ0v) is 38.4. The van der Waals surface area contributed by atoms with E-state index in [1.54, 1.807) is 0 Å². The smallest absolute Gasteiger partial charge is 0.338 e. The number of benzene rings is 5. The molecule has 0 heterocycles. The summed E-state index contributed by atoms with van der Waals surface area (Å²) in [5.74, 6) is -0.410. The molecule has 1 fully saturated rings. The average molecular weight is 902 g/mol. The maximum absolute atomic E-state index is 14.3. The number of ether oxygens (including phenoxy) is 3. The summed E-state index contributed by atoms with van der Waals surface area (Å²) in [5.41, 5.74) is 16.4. The van der Waals surface area contributed by atoms with Gasteiger partial charge in [0.15, 0.2) is 6.61 Å². The van der Waals surface area contributed by atoms with Crippen molar-refractivity contribution in [2.75, 3.05) is 26.3 Å². The van der Waals surface area contributed by atoms with Crippen LogP contribution in [0.25, 0.3) is 32.7 Å². The van der Waals surface area contributed by atoms with Crippen LogP contribution in [0.15, 0.2) is 103 Å². The number of amides is 3. The van der Waals surface area contributed by atoms with E-state index in [1.165, 1.54) is 0 Å². The Labute approximate surface area is 387 Å². The van der Waals surface area contributed by atoms with Crippen LogP contribution in [-0.4, -0.2) is 73.6 Å². The second-order valence-corrected chi connectivity index (χ2v) is 17.5. The van der Waals surface area contributed by atoms with E-state index in [2.05, 4.69) is 58.7 Å². The molecule has 0 saturated heterocycles. The Morgan fingerprint density at radius 2 is 1.29 bits per heavy atom. The Bertz CT molecular complexity index is 2450. The van der Waals surface area contributed by atoms with Gasteiger partial charge in [0.25, 0.3) is 5.91 Å². The van der Waals surface area contributed by atoms with Crippen LogP contribution in [0.1, 0.15) is 83.6 Å². The molecule has 0 aliphatic heterocycles. The molecule has 6 rings (SSSR count). The molecule has 14 nitrogen and oxygen atoms in total. The quantitative estimate of drug-likeness (QED) is 0.0204. The van der Waals surface area contributed by atoms with Crippen LogP contribution in [-0.2, 0) is 30.5 Å². The molecule has 0 spiro atoms. The molecule has 11 N–H and O–H groups in total. The number of hydrogen-bond donors (Lipinski definition) is 7. The largest absolute Gasteiger partial charge is 0.493 e. The molecule has 5 aromatic carbocycles. The maximum atomic E-state index is 14.3. The van der Waals surface area contributed by atoms with Crippen LogP contribution in [0.4, 0.5) is 0 Å². The number of fused-ring (bicyclic) bond motifs is 2. The van der Waals surface area contributed by atoms with Gasteiger partial charge in [-0.2, -0.15) is 0 Å². The number of hydrogen-bond acceptors (Lipinski definition) is 7. The summed E-state index contributed by atoms with van der Waals surface area (Å²) in [5, 5.41) is 12.7. The van der Waals surface area contributed by atoms with Gasteiger partial charge in [0.1, 0.15) is 35.7 Å². The van der Waals surface area contributed by atoms with Gasteiger partial charge < -0.3 is 35.9 Å². The van der Waals surface area contributed by atoms with Gasteiger partial charge >= 0.3 is 11.9 Å². The predicted octanol–water partition coefficient (Wildman–Crippen LogP) is 4.15. The Hall–Kier alpha value is -6.67. The number of nitrogens with one attached hydrogen (secondary N) is 4. The van der Waals surface area contributed by atoms with Crippen molar-refractivity contribution in [1.82, 2.24) is 16.0 Å². The molecule has 0 radical (unpaired) electrons. The summed E-state index contributed by atoms with van der Waals surface area (Å²) >= 11 is 0. The number of carbonyl (C=O) groups is 4. The Balaban J connectivity index is 1.22. The number of esters is 1. The van der Waals surface area contributed by atoms with Crippen molar-refractivity contribution in [2.24, 2.45) is 17.4 Å². The van der Waals surface area contributed by atoms with Crippen LogP contribution in [0.2, 0.25) is 0 Å². The van der Waals surface area contributed by atoms with Crippen molar-refractivity contribution in [1.29, 1.82) is 0 Å². The fourth-order valence-electron chi connectivity index (χ4n) is 8.46. The van der Waals surface area contributed by atoms with E-state index < -0.39 is 41.3 Å². The minimum atomic E-state index is -1.24. The number of rotatable bonds is 24. The second kappa shape index (κ2) is 24.0. The average Bonchev–Trinajstić information content (AvgIpc) is 3.80. The number of carbonyl (C=O) groups excluding carboxylic acids is 4. The van der Waals surface area contributed by atoms with E-state index in [4.69, 9.17) is 25.7 Å². The number of quaternary nitrogens is 1. The molecule has 66 heavy (non-hydrogen) atoms. The molecule has 1 saturated carbocycles. The van der Waals surface area contributed by atoms with Crippen molar-refractivity contribution in [3.63, 3.8) is 0 Å². The zero-order chi connectivity index (χ0) is 46.9. The summed E-state index contributed by atoms with van der Waals surface area (Å²) in [4.78, 5) is 58.9. The summed E-state index contributed by atoms with van der Waals surface area (Å²) < 4.78 is 18.7. The number of unbranched alkanes of at least 4 members (excludes halogenated alkanes) is 1. The van der Waals surface area contributed by atoms with Crippen molar-refractivity contribution < 1.29 is 44.1 Å². The molecule has 0 bridgehead atoms. The first-order valence-corrected chi connectivity index (χ1v) is 23.3. The van der Waals surface area contributed by atoms with Crippen LogP contribution in [0.3, 0.4) is 0 Å². The summed E-state index contributed by atoms with van der Waals surface area (Å²) in [6.45, 7) is 5.53. The van der Waals surface area contributed by atoms with Gasteiger partial charge in [-0.15, -0.1) is 0 Å². The highest BCUT2D eigenvalue weighted by Crippen LogP contribution is 2.45. The normalized spacial score (nSPS) is 14.0. The maximum Gasteiger partial charge on any atom is 0.338 e. The van der Waals surface area contributed by atoms with Crippen molar-refractivity contribution in [3.8, 4) is 22.6 Å². The number of guanidine groups is 1. The third kappa shape index (κ3) is 13.2. The van der Waals surface area contributed by atoms with Gasteiger partial charge in [0, 0.05) is 11.1 Å². The minimum Gasteiger partial charge on any atom is -0.493 e. The van der Waals surface area contributed by atoms with E-state index in [1.807, 2.05) is 84.9 Å². The zero-order valence-electron chi connectivity index (χ0n) is 38.4. The molecule has 5 aromatic rings. The highest BCUT2D eigenvalue weighted by molar-refractivity contribution is 6.10. The molecule has 350 valence electrons. The minimum absolute atomic E-state index is 0.0323. The second-order valence-electron chi connectivity index (χ2n) is 17.5. The lowest BCUT2D eigenvalue weighted by molar-refractivity contribution is -0.459. The molecule has 1 aliphatic rings. The van der Waals surface area contributed by atoms with E-state index in [-0.39, 0.29) is 25.6 Å². The molecule has 2 atom stereocenters. The first kappa shape index (κ1) is 48.8. The fourth-order valence-corrected chi connectivity index (χ4v) is 8.46. The first-order chi connectivity index (χ1) is 32.0. The highest BCUT2D eigenvalue weighted by Gasteiger charge is 2.45. The SMILES string of the molecule is CC(C)CCOc1ccc2ccccc2c1-c1c(OCC(=O)N[C@H](CCCC[NH3+])C(=O)N[C@H](CCC[NH+]=C(N)N)C(=O)NC2(C(=O)OCc3ccccc3)CCCC2)ccc2ccccc12. The third-order valence-electron chi connectivity index (χ3n) is 12.0. The molecule has 0 unspecified atom stereocenters. The van der Waals surface area contributed by atoms with Gasteiger partial charge in [-0.1, -0.05) is 118 Å². The monoisotopic (exact) mass is 902 g/mol. The van der Waals surface area contributed by atoms with Gasteiger partial charge in [-0.25, -0.2) is 4.79 Å². The van der Waals surface area contributed by atoms with E-state index >= 15 is 0 Å². The molecule has 1 aliphatic carbocycles. The topological polar surface area (TPSA) is 226 Å². The van der Waals surface area contributed by atoms with E-state index in [0.29, 0.717) is 69.2 Å². The van der Waals surface area contributed by atoms with Crippen LogP contribution in [0.5, 0.6) is 11.5 Å². The first-order valence-electron chi connectivity index (χ1n) is 23.3. The lowest BCUT2D eigenvalue weighted by Gasteiger charge is -2.31. The molecule has 3 amide bonds. The molecular formula is C52H67N7O7+2. The predicted molar refractivity (Wildman–Crippen MR) is 257 cm³/mol. The van der Waals surface area contributed by atoms with Crippen molar-refractivity contribution in [3.05, 3.63) is 109 Å². The Kier molecular flexibility index (Phi) is 17.8. The highest BCUT2D eigenvalue weighted by atomic mass is 16.5. The van der Waals surface area contributed by atoms with Crippen LogP contribution >= 0.6 is 0 Å². The van der Waals surface area contributed by atoms with Gasteiger partial charge in [0.2, 0.25) is 11.8 Å². The Morgan fingerprint density at radius 3 is 1.91 bits per heavy atom. The lowest BCUT2D eigenvalue weighted by atomic mass is 9.92. The summed E-state index contributed by atoms with van der Waals surface area (Å²) in [6, 6.07) is 31.3. The third-order valence-corrected chi connectivity index (χ3v) is 12.0. The van der Waals surface area contributed by atoms with E-state index in [0.717, 1.165) is 63.9 Å². The van der Waals surface area contributed by atoms with Gasteiger partial charge in [-0.3, -0.25) is 30.8 Å². The molecule has 0 aromatic heterocycles. The fraction of sp³-hybridized carbons (Fsp3) is 0.404. The molecule has 14 heteroatoms. The summed E-state index contributed by atoms with van der Waals surface area (Å²) in [7, 11) is 0. The summed E-state index contributed by atoms with van der Waals surface area (Å²) in [6.07, 6.45) is 5.37. The van der Waals surface area contributed by atoms with Crippen LogP contribution in [0, 0.1) is 5.92 Å². The van der Waals surface area contributed by atoms with E-state index in [9.17, 15) is 19.2 Å². The Morgan fingerprint density at radius 1 is 0.697 bits per heavy atom. The van der Waals surface area contributed by atoms with Gasteiger partial charge in [-0.05, 0) is 96.5 Å². The lowest BCUT2D eigenvalue weighted by Crippen LogP contribution is -2.78. The standard InChI is InChI=1S/C52H65N7O7/c1-35(2)27-32-64-43-25-23-37-17-6-8-19-39(37)46(43)47-40-20-9-7-18-38(40)24-26-44(47)65-34-45(60)57-41(21-10-13-30-53)48(61)58-42(22-14-31-56-51(54)55)49(62)59-52(28-11-12-29-52)50(63)66-33-36-15-4-3-5-16-36/h3-9,15-20,23-26,35,41-42H,10-14,21-22,27-34,53H2,1-2H3,(H,57,60)(H,58,61)(H,59,62)(H4,54,55,56)/p+2/t41-,42-/m1/s1. The number of nitrogens with two attached hydrogens (primary N) is 2. The van der Waals surface area contributed by atoms with Crippen LogP contribution < -0.4 is 47.6 Å².